The van der Waals surface area contributed by atoms with Crippen molar-refractivity contribution >= 4 is 5.91 Å². The van der Waals surface area contributed by atoms with Gasteiger partial charge >= 0.3 is 0 Å². The van der Waals surface area contributed by atoms with Gasteiger partial charge in [0, 0.05) is 25.2 Å². The summed E-state index contributed by atoms with van der Waals surface area (Å²) < 4.78 is 16.6. The summed E-state index contributed by atoms with van der Waals surface area (Å²) in [6, 6.07) is 13.9. The third kappa shape index (κ3) is 4.57. The van der Waals surface area contributed by atoms with E-state index in [1.807, 2.05) is 41.3 Å². The van der Waals surface area contributed by atoms with E-state index in [9.17, 15) is 4.79 Å². The highest BCUT2D eigenvalue weighted by Crippen LogP contribution is 2.32. The number of nitrogens with zero attached hydrogens (tertiary/aromatic N) is 1. The first-order valence-electron chi connectivity index (χ1n) is 9.87. The Morgan fingerprint density at radius 3 is 2.79 bits per heavy atom. The molecule has 0 unspecified atom stereocenters. The van der Waals surface area contributed by atoms with Crippen molar-refractivity contribution in [3.63, 3.8) is 0 Å². The molecule has 0 aromatic heterocycles. The lowest BCUT2D eigenvalue weighted by Crippen LogP contribution is -2.32. The zero-order valence-electron chi connectivity index (χ0n) is 16.0. The molecule has 2 heterocycles. The van der Waals surface area contributed by atoms with Crippen molar-refractivity contribution in [2.75, 3.05) is 33.0 Å². The minimum atomic E-state index is 0.0723. The molecule has 0 aliphatic carbocycles. The van der Waals surface area contributed by atoms with Crippen LogP contribution in [0, 0.1) is 0 Å². The standard InChI is InChI=1S/C22H26N2O4/c25-22(24-11-3-4-12-24)15-26-19-6-2-1-5-18(19)14-23-10-9-17-7-8-20-21(13-17)28-16-27-20/h1-2,5-8,13,23H,3-4,9-12,14-16H2. The minimum Gasteiger partial charge on any atom is -0.483 e. The molecule has 2 aliphatic heterocycles. The number of nitrogens with one attached hydrogen (secondary N) is 1. The Labute approximate surface area is 165 Å². The summed E-state index contributed by atoms with van der Waals surface area (Å²) in [6.07, 6.45) is 3.08. The zero-order valence-corrected chi connectivity index (χ0v) is 16.0. The predicted octanol–water partition coefficient (Wildman–Crippen LogP) is 2.75. The van der Waals surface area contributed by atoms with E-state index in [2.05, 4.69) is 11.4 Å². The lowest BCUT2D eigenvalue weighted by atomic mass is 10.1. The molecule has 6 nitrogen and oxygen atoms in total. The maximum Gasteiger partial charge on any atom is 0.260 e. The molecule has 148 valence electrons. The molecule has 1 fully saturated rings. The van der Waals surface area contributed by atoms with Crippen molar-refractivity contribution in [2.24, 2.45) is 0 Å². The number of hydrogen-bond donors (Lipinski definition) is 1. The van der Waals surface area contributed by atoms with Gasteiger partial charge in [-0.05, 0) is 49.6 Å². The van der Waals surface area contributed by atoms with Gasteiger partial charge in [-0.15, -0.1) is 0 Å². The van der Waals surface area contributed by atoms with Crippen LogP contribution in [0.15, 0.2) is 42.5 Å². The molecule has 28 heavy (non-hydrogen) atoms. The van der Waals surface area contributed by atoms with Crippen molar-refractivity contribution < 1.29 is 19.0 Å². The zero-order chi connectivity index (χ0) is 19.2. The molecule has 2 aliphatic rings. The number of para-hydroxylation sites is 1. The van der Waals surface area contributed by atoms with E-state index >= 15 is 0 Å². The van der Waals surface area contributed by atoms with Gasteiger partial charge in [-0.1, -0.05) is 24.3 Å². The van der Waals surface area contributed by atoms with Gasteiger partial charge in [0.05, 0.1) is 0 Å². The Morgan fingerprint density at radius 1 is 1.07 bits per heavy atom. The number of amides is 1. The van der Waals surface area contributed by atoms with Gasteiger partial charge < -0.3 is 24.4 Å². The van der Waals surface area contributed by atoms with Crippen LogP contribution < -0.4 is 19.5 Å². The number of benzene rings is 2. The summed E-state index contributed by atoms with van der Waals surface area (Å²) in [6.45, 7) is 3.64. The molecule has 4 rings (SSSR count). The lowest BCUT2D eigenvalue weighted by molar-refractivity contribution is -0.132. The van der Waals surface area contributed by atoms with Crippen LogP contribution in [0.2, 0.25) is 0 Å². The van der Waals surface area contributed by atoms with E-state index in [4.69, 9.17) is 14.2 Å². The van der Waals surface area contributed by atoms with Gasteiger partial charge in [0.15, 0.2) is 18.1 Å². The smallest absolute Gasteiger partial charge is 0.260 e. The van der Waals surface area contributed by atoms with Gasteiger partial charge in [-0.3, -0.25) is 4.79 Å². The first-order valence-corrected chi connectivity index (χ1v) is 9.87. The van der Waals surface area contributed by atoms with E-state index in [-0.39, 0.29) is 12.5 Å². The van der Waals surface area contributed by atoms with Crippen LogP contribution in [0.1, 0.15) is 24.0 Å². The number of carbonyl (C=O) groups is 1. The second-order valence-electron chi connectivity index (χ2n) is 7.10. The minimum absolute atomic E-state index is 0.0723. The number of ether oxygens (including phenoxy) is 3. The molecule has 2 aromatic rings. The summed E-state index contributed by atoms with van der Waals surface area (Å²) in [5, 5.41) is 3.45. The molecule has 0 bridgehead atoms. The fourth-order valence-electron chi connectivity index (χ4n) is 3.54. The summed E-state index contributed by atoms with van der Waals surface area (Å²) in [5.41, 5.74) is 2.26. The average molecular weight is 382 g/mol. The number of hydrogen-bond acceptors (Lipinski definition) is 5. The Kier molecular flexibility index (Phi) is 5.97. The molecule has 0 radical (unpaired) electrons. The fourth-order valence-corrected chi connectivity index (χ4v) is 3.54. The van der Waals surface area contributed by atoms with E-state index in [1.165, 1.54) is 5.56 Å². The molecule has 0 spiro atoms. The second kappa shape index (κ2) is 8.97. The Bertz CT molecular complexity index is 818. The highest BCUT2D eigenvalue weighted by molar-refractivity contribution is 5.78. The van der Waals surface area contributed by atoms with Crippen molar-refractivity contribution in [3.05, 3.63) is 53.6 Å². The van der Waals surface area contributed by atoms with Crippen LogP contribution in [-0.4, -0.2) is 43.8 Å². The normalized spacial score (nSPS) is 15.1. The van der Waals surface area contributed by atoms with Gasteiger partial charge in [-0.2, -0.15) is 0 Å². The number of carbonyl (C=O) groups excluding carboxylic acids is 1. The van der Waals surface area contributed by atoms with E-state index < -0.39 is 0 Å². The third-order valence-corrected chi connectivity index (χ3v) is 5.13. The van der Waals surface area contributed by atoms with Gasteiger partial charge in [0.25, 0.3) is 5.91 Å². The fraction of sp³-hybridized carbons (Fsp3) is 0.409. The first kappa shape index (κ1) is 18.6. The monoisotopic (exact) mass is 382 g/mol. The summed E-state index contributed by atoms with van der Waals surface area (Å²) in [4.78, 5) is 14.1. The molecule has 0 atom stereocenters. The van der Waals surface area contributed by atoms with Crippen molar-refractivity contribution in [2.45, 2.75) is 25.8 Å². The predicted molar refractivity (Wildman–Crippen MR) is 106 cm³/mol. The second-order valence-corrected chi connectivity index (χ2v) is 7.10. The molecule has 1 N–H and O–H groups in total. The first-order chi connectivity index (χ1) is 13.8. The lowest BCUT2D eigenvalue weighted by Gasteiger charge is -2.17. The third-order valence-electron chi connectivity index (χ3n) is 5.13. The summed E-state index contributed by atoms with van der Waals surface area (Å²) in [7, 11) is 0. The Hall–Kier alpha value is -2.73. The molecular formula is C22H26N2O4. The van der Waals surface area contributed by atoms with Crippen molar-refractivity contribution in [3.8, 4) is 17.2 Å². The van der Waals surface area contributed by atoms with Gasteiger partial charge in [-0.25, -0.2) is 0 Å². The van der Waals surface area contributed by atoms with E-state index in [1.54, 1.807) is 0 Å². The summed E-state index contributed by atoms with van der Waals surface area (Å²) >= 11 is 0. The SMILES string of the molecule is O=C(COc1ccccc1CNCCc1ccc2c(c1)OCO2)N1CCCC1. The van der Waals surface area contributed by atoms with E-state index in [0.717, 1.165) is 61.7 Å². The topological polar surface area (TPSA) is 60.0 Å². The molecule has 0 saturated carbocycles. The quantitative estimate of drug-likeness (QED) is 0.712. The van der Waals surface area contributed by atoms with Crippen LogP contribution in [0.4, 0.5) is 0 Å². The molecule has 1 amide bonds. The van der Waals surface area contributed by atoms with Crippen LogP contribution >= 0.6 is 0 Å². The molecular weight excluding hydrogens is 356 g/mol. The molecule has 6 heteroatoms. The van der Waals surface area contributed by atoms with Crippen LogP contribution in [-0.2, 0) is 17.8 Å². The summed E-state index contributed by atoms with van der Waals surface area (Å²) in [5.74, 6) is 2.47. The Balaban J connectivity index is 1.25. The highest BCUT2D eigenvalue weighted by Gasteiger charge is 2.18. The van der Waals surface area contributed by atoms with Crippen molar-refractivity contribution in [1.82, 2.24) is 10.2 Å². The number of rotatable bonds is 8. The van der Waals surface area contributed by atoms with Gasteiger partial charge in [0.2, 0.25) is 6.79 Å². The highest BCUT2D eigenvalue weighted by atomic mass is 16.7. The molecule has 2 aromatic carbocycles. The maximum absolute atomic E-state index is 12.2. The number of likely N-dealkylation sites (tertiary alicyclic amines) is 1. The Morgan fingerprint density at radius 2 is 1.89 bits per heavy atom. The average Bonchev–Trinajstić information content (AvgIpc) is 3.41. The van der Waals surface area contributed by atoms with Crippen LogP contribution in [0.3, 0.4) is 0 Å². The number of fused-ring (bicyclic) bond motifs is 1. The van der Waals surface area contributed by atoms with E-state index in [0.29, 0.717) is 13.3 Å². The van der Waals surface area contributed by atoms with Crippen molar-refractivity contribution in [1.29, 1.82) is 0 Å². The van der Waals surface area contributed by atoms with Crippen LogP contribution in [0.25, 0.3) is 0 Å². The molecule has 1 saturated heterocycles. The maximum atomic E-state index is 12.2. The largest absolute Gasteiger partial charge is 0.483 e. The van der Waals surface area contributed by atoms with Crippen LogP contribution in [0.5, 0.6) is 17.2 Å². The van der Waals surface area contributed by atoms with Gasteiger partial charge in [0.1, 0.15) is 5.75 Å².